The van der Waals surface area contributed by atoms with Gasteiger partial charge in [-0.15, -0.1) is 0 Å². The monoisotopic (exact) mass is 378 g/mol. The number of nitrogens with zero attached hydrogens (tertiary/aromatic N) is 1. The molecule has 0 fully saturated rings. The minimum atomic E-state index is -3.45. The summed E-state index contributed by atoms with van der Waals surface area (Å²) in [5.41, 5.74) is -0.0228. The van der Waals surface area contributed by atoms with Crippen molar-refractivity contribution in [2.45, 2.75) is 17.7 Å². The summed E-state index contributed by atoms with van der Waals surface area (Å²) >= 11 is 0. The van der Waals surface area contributed by atoms with Gasteiger partial charge in [0.1, 0.15) is 5.75 Å². The largest absolute Gasteiger partial charge is 0.495 e. The molecule has 9 heteroatoms. The van der Waals surface area contributed by atoms with Crippen LogP contribution in [0.1, 0.15) is 12.8 Å². The van der Waals surface area contributed by atoms with Gasteiger partial charge in [-0.2, -0.15) is 0 Å². The molecule has 0 bridgehead atoms. The van der Waals surface area contributed by atoms with E-state index in [-0.39, 0.29) is 40.6 Å². The molecular weight excluding hydrogens is 360 g/mol. The number of amides is 1. The highest BCUT2D eigenvalue weighted by Gasteiger charge is 2.16. The fraction of sp³-hybridized carbons (Fsp3) is 0.235. The molecule has 2 rings (SSSR count). The molecule has 2 aromatic carbocycles. The van der Waals surface area contributed by atoms with E-state index in [0.717, 1.165) is 0 Å². The molecule has 1 amide bonds. The second-order valence-corrected chi connectivity index (χ2v) is 7.53. The van der Waals surface area contributed by atoms with Gasteiger partial charge < -0.3 is 10.1 Å². The lowest BCUT2D eigenvalue weighted by Crippen LogP contribution is -2.15. The number of nitrogens with one attached hydrogen (secondary N) is 1. The van der Waals surface area contributed by atoms with E-state index in [1.54, 1.807) is 18.2 Å². The van der Waals surface area contributed by atoms with E-state index in [1.165, 1.54) is 37.4 Å². The fourth-order valence-electron chi connectivity index (χ4n) is 2.29. The number of sulfone groups is 1. The summed E-state index contributed by atoms with van der Waals surface area (Å²) in [5.74, 6) is -0.343. The van der Waals surface area contributed by atoms with Gasteiger partial charge in [-0.1, -0.05) is 18.2 Å². The molecule has 0 spiro atoms. The van der Waals surface area contributed by atoms with Crippen LogP contribution in [0.5, 0.6) is 5.75 Å². The third-order valence-electron chi connectivity index (χ3n) is 3.59. The Morgan fingerprint density at radius 3 is 2.50 bits per heavy atom. The summed E-state index contributed by atoms with van der Waals surface area (Å²) in [6, 6.07) is 11.8. The highest BCUT2D eigenvalue weighted by atomic mass is 32.2. The van der Waals surface area contributed by atoms with Crippen LogP contribution in [0, 0.1) is 10.1 Å². The molecule has 0 aliphatic rings. The van der Waals surface area contributed by atoms with Gasteiger partial charge in [0.25, 0.3) is 5.69 Å². The molecule has 0 heterocycles. The van der Waals surface area contributed by atoms with Gasteiger partial charge in [-0.3, -0.25) is 14.9 Å². The Labute approximate surface area is 150 Å². The number of methoxy groups -OCH3 is 1. The first-order chi connectivity index (χ1) is 12.3. The predicted molar refractivity (Wildman–Crippen MR) is 96.0 cm³/mol. The van der Waals surface area contributed by atoms with Gasteiger partial charge in [-0.05, 0) is 24.6 Å². The summed E-state index contributed by atoms with van der Waals surface area (Å²) in [6.07, 6.45) is 0.0816. The summed E-state index contributed by atoms with van der Waals surface area (Å²) < 4.78 is 29.4. The maximum absolute atomic E-state index is 12.2. The summed E-state index contributed by atoms with van der Waals surface area (Å²) in [5, 5.41) is 13.4. The maximum Gasteiger partial charge on any atom is 0.271 e. The molecule has 1 N–H and O–H groups in total. The predicted octanol–water partition coefficient (Wildman–Crippen LogP) is 2.80. The third kappa shape index (κ3) is 5.03. The topological polar surface area (TPSA) is 116 Å². The summed E-state index contributed by atoms with van der Waals surface area (Å²) in [7, 11) is -2.08. The van der Waals surface area contributed by atoms with Crippen molar-refractivity contribution in [1.29, 1.82) is 0 Å². The Morgan fingerprint density at radius 2 is 1.88 bits per heavy atom. The minimum Gasteiger partial charge on any atom is -0.495 e. The van der Waals surface area contributed by atoms with Gasteiger partial charge >= 0.3 is 0 Å². The van der Waals surface area contributed by atoms with Crippen LogP contribution in [-0.4, -0.2) is 32.1 Å². The summed E-state index contributed by atoms with van der Waals surface area (Å²) in [4.78, 5) is 22.5. The van der Waals surface area contributed by atoms with E-state index in [1.807, 2.05) is 0 Å². The van der Waals surface area contributed by atoms with Crippen LogP contribution < -0.4 is 10.1 Å². The van der Waals surface area contributed by atoms with Gasteiger partial charge in [0, 0.05) is 18.6 Å². The molecule has 0 atom stereocenters. The summed E-state index contributed by atoms with van der Waals surface area (Å²) in [6.45, 7) is 0. The van der Waals surface area contributed by atoms with Crippen molar-refractivity contribution in [1.82, 2.24) is 0 Å². The van der Waals surface area contributed by atoms with E-state index in [0.29, 0.717) is 0 Å². The first-order valence-corrected chi connectivity index (χ1v) is 9.39. The molecule has 8 nitrogen and oxygen atoms in total. The number of nitro benzene ring substituents is 1. The van der Waals surface area contributed by atoms with E-state index >= 15 is 0 Å². The molecule has 0 saturated heterocycles. The van der Waals surface area contributed by atoms with Gasteiger partial charge in [0.05, 0.1) is 28.4 Å². The number of ether oxygens (including phenoxy) is 1. The molecule has 0 radical (unpaired) electrons. The number of hydrogen-bond donors (Lipinski definition) is 1. The Morgan fingerprint density at radius 1 is 1.19 bits per heavy atom. The highest BCUT2D eigenvalue weighted by Crippen LogP contribution is 2.29. The number of anilines is 1. The molecular formula is C17H18N2O6S. The number of hydrogen-bond acceptors (Lipinski definition) is 6. The van der Waals surface area contributed by atoms with Gasteiger partial charge in [0.15, 0.2) is 9.84 Å². The lowest BCUT2D eigenvalue weighted by atomic mass is 10.2. The highest BCUT2D eigenvalue weighted by molar-refractivity contribution is 7.91. The number of nitro groups is 1. The zero-order valence-electron chi connectivity index (χ0n) is 14.0. The van der Waals surface area contributed by atoms with Crippen molar-refractivity contribution in [2.75, 3.05) is 18.2 Å². The number of carbonyl (C=O) groups is 1. The molecule has 138 valence electrons. The molecule has 0 aliphatic heterocycles. The van der Waals surface area contributed by atoms with Gasteiger partial charge in [0.2, 0.25) is 5.91 Å². The Balaban J connectivity index is 1.97. The number of carbonyl (C=O) groups excluding carboxylic acids is 1. The van der Waals surface area contributed by atoms with E-state index in [2.05, 4.69) is 5.32 Å². The zero-order chi connectivity index (χ0) is 19.2. The first kappa shape index (κ1) is 19.4. The Hall–Kier alpha value is -2.94. The van der Waals surface area contributed by atoms with Crippen molar-refractivity contribution in [3.8, 4) is 5.75 Å². The third-order valence-corrected chi connectivity index (χ3v) is 5.40. The van der Waals surface area contributed by atoms with E-state index in [9.17, 15) is 23.3 Å². The number of non-ortho nitro benzene ring substituents is 1. The molecule has 2 aromatic rings. The average Bonchev–Trinajstić information content (AvgIpc) is 2.62. The van der Waals surface area contributed by atoms with Crippen molar-refractivity contribution >= 4 is 27.1 Å². The van der Waals surface area contributed by atoms with Crippen molar-refractivity contribution in [3.05, 3.63) is 58.6 Å². The normalized spacial score (nSPS) is 11.0. The fourth-order valence-corrected chi connectivity index (χ4v) is 3.62. The van der Waals surface area contributed by atoms with Gasteiger partial charge in [-0.25, -0.2) is 8.42 Å². The molecule has 0 unspecified atom stereocenters. The van der Waals surface area contributed by atoms with Crippen LogP contribution in [0.3, 0.4) is 0 Å². The van der Waals surface area contributed by atoms with Crippen LogP contribution in [0.25, 0.3) is 0 Å². The SMILES string of the molecule is COc1ccc([N+](=O)[O-])cc1NC(=O)CCCS(=O)(=O)c1ccccc1. The number of rotatable bonds is 8. The lowest BCUT2D eigenvalue weighted by Gasteiger charge is -2.10. The van der Waals surface area contributed by atoms with Crippen molar-refractivity contribution < 1.29 is 22.9 Å². The second kappa shape index (κ2) is 8.43. The van der Waals surface area contributed by atoms with Crippen molar-refractivity contribution in [3.63, 3.8) is 0 Å². The van der Waals surface area contributed by atoms with Crippen LogP contribution in [-0.2, 0) is 14.6 Å². The molecule has 26 heavy (non-hydrogen) atoms. The molecule has 0 aliphatic carbocycles. The quantitative estimate of drug-likeness (QED) is 0.558. The molecule has 0 aromatic heterocycles. The average molecular weight is 378 g/mol. The Kier molecular flexibility index (Phi) is 6.29. The maximum atomic E-state index is 12.2. The number of benzene rings is 2. The van der Waals surface area contributed by atoms with E-state index in [4.69, 9.17) is 4.74 Å². The van der Waals surface area contributed by atoms with E-state index < -0.39 is 20.7 Å². The van der Waals surface area contributed by atoms with Crippen LogP contribution in [0.2, 0.25) is 0 Å². The second-order valence-electron chi connectivity index (χ2n) is 5.43. The minimum absolute atomic E-state index is 0.0437. The first-order valence-electron chi connectivity index (χ1n) is 7.73. The van der Waals surface area contributed by atoms with Crippen molar-refractivity contribution in [2.24, 2.45) is 0 Å². The van der Waals surface area contributed by atoms with Crippen LogP contribution in [0.15, 0.2) is 53.4 Å². The standard InChI is InChI=1S/C17H18N2O6S/c1-25-16-10-9-13(19(21)22)12-15(16)18-17(20)8-5-11-26(23,24)14-6-3-2-4-7-14/h2-4,6-7,9-10,12H,5,8,11H2,1H3,(H,18,20). The van der Waals surface area contributed by atoms with Crippen LogP contribution >= 0.6 is 0 Å². The Bertz CT molecular complexity index is 897. The van der Waals surface area contributed by atoms with Crippen LogP contribution in [0.4, 0.5) is 11.4 Å². The lowest BCUT2D eigenvalue weighted by molar-refractivity contribution is -0.384. The smallest absolute Gasteiger partial charge is 0.271 e. The zero-order valence-corrected chi connectivity index (χ0v) is 14.9. The molecule has 0 saturated carbocycles.